The van der Waals surface area contributed by atoms with Crippen LogP contribution in [0.1, 0.15) is 0 Å². The van der Waals surface area contributed by atoms with Crippen LogP contribution in [0.2, 0.25) is 5.02 Å². The number of hydrogen-bond donors (Lipinski definition) is 0. The molecular weight excluding hydrogens is 269 g/mol. The highest BCUT2D eigenvalue weighted by Gasteiger charge is 2.11. The molecule has 0 spiro atoms. The Bertz CT molecular complexity index is 668. The predicted molar refractivity (Wildman–Crippen MR) is 62.2 cm³/mol. The molecule has 0 aliphatic carbocycles. The molecule has 8 heteroatoms. The second kappa shape index (κ2) is 4.23. The fraction of sp³-hybridized carbons (Fsp3) is 0.333. The number of aryl methyl sites for hydroxylation is 1. The molecule has 0 atom stereocenters. The van der Waals surface area contributed by atoms with Crippen LogP contribution < -0.4 is 0 Å². The Balaban J connectivity index is 2.39. The number of halogens is 2. The fourth-order valence-electron chi connectivity index (χ4n) is 1.38. The quantitative estimate of drug-likeness (QED) is 0.847. The van der Waals surface area contributed by atoms with Gasteiger partial charge in [0.25, 0.3) is 0 Å². The van der Waals surface area contributed by atoms with E-state index in [1.807, 2.05) is 0 Å². The molecule has 0 fully saturated rings. The van der Waals surface area contributed by atoms with Gasteiger partial charge in [-0.1, -0.05) is 16.8 Å². The van der Waals surface area contributed by atoms with Crippen molar-refractivity contribution in [3.8, 4) is 0 Å². The Kier molecular flexibility index (Phi) is 3.05. The van der Waals surface area contributed by atoms with Crippen molar-refractivity contribution in [3.05, 3.63) is 23.0 Å². The van der Waals surface area contributed by atoms with Crippen LogP contribution >= 0.6 is 11.6 Å². The van der Waals surface area contributed by atoms with E-state index in [1.54, 1.807) is 0 Å². The molecule has 0 radical (unpaired) electrons. The summed E-state index contributed by atoms with van der Waals surface area (Å²) in [5.74, 6) is -0.630. The Morgan fingerprint density at radius 1 is 1.47 bits per heavy atom. The highest BCUT2D eigenvalue weighted by molar-refractivity contribution is 7.90. The Morgan fingerprint density at radius 3 is 2.82 bits per heavy atom. The summed E-state index contributed by atoms with van der Waals surface area (Å²) < 4.78 is 36.6. The fourth-order valence-corrected chi connectivity index (χ4v) is 2.04. The molecule has 1 heterocycles. The third kappa shape index (κ3) is 2.73. The van der Waals surface area contributed by atoms with E-state index in [0.29, 0.717) is 11.0 Å². The summed E-state index contributed by atoms with van der Waals surface area (Å²) in [6, 6.07) is 2.55. The van der Waals surface area contributed by atoms with E-state index in [2.05, 4.69) is 10.3 Å². The molecule has 5 nitrogen and oxygen atoms in total. The Morgan fingerprint density at radius 2 is 2.18 bits per heavy atom. The third-order valence-electron chi connectivity index (χ3n) is 2.23. The number of fused-ring (bicyclic) bond motifs is 1. The Hall–Kier alpha value is -1.21. The smallest absolute Gasteiger partial charge is 0.149 e. The largest absolute Gasteiger partial charge is 0.244 e. The zero-order chi connectivity index (χ0) is 12.6. The second-order valence-corrected chi connectivity index (χ2v) is 6.36. The van der Waals surface area contributed by atoms with Gasteiger partial charge < -0.3 is 0 Å². The summed E-state index contributed by atoms with van der Waals surface area (Å²) in [6.07, 6.45) is 1.14. The van der Waals surface area contributed by atoms with E-state index in [-0.39, 0.29) is 17.3 Å². The molecule has 0 aliphatic heterocycles. The lowest BCUT2D eigenvalue weighted by molar-refractivity contribution is 0.584. The molecule has 0 bridgehead atoms. The molecule has 0 aliphatic rings. The molecule has 0 unspecified atom stereocenters. The zero-order valence-electron chi connectivity index (χ0n) is 8.89. The number of rotatable bonds is 3. The number of aromatic nitrogens is 3. The van der Waals surface area contributed by atoms with Crippen LogP contribution in [0.25, 0.3) is 11.0 Å². The monoisotopic (exact) mass is 277 g/mol. The Labute approximate surface area is 102 Å². The SMILES string of the molecule is CS(=O)(=O)CCn1nnc2cc(F)c(Cl)cc21. The van der Waals surface area contributed by atoms with Crippen molar-refractivity contribution >= 4 is 32.5 Å². The van der Waals surface area contributed by atoms with Crippen LogP contribution in [0.5, 0.6) is 0 Å². The number of benzene rings is 1. The van der Waals surface area contributed by atoms with Gasteiger partial charge in [-0.15, -0.1) is 5.10 Å². The van der Waals surface area contributed by atoms with Crippen LogP contribution in [0, 0.1) is 5.82 Å². The van der Waals surface area contributed by atoms with Crippen LogP contribution in [-0.2, 0) is 16.4 Å². The second-order valence-electron chi connectivity index (χ2n) is 3.70. The molecular formula is C9H9ClFN3O2S. The minimum Gasteiger partial charge on any atom is -0.244 e. The molecule has 17 heavy (non-hydrogen) atoms. The summed E-state index contributed by atoms with van der Waals surface area (Å²) in [7, 11) is -3.08. The molecule has 0 saturated heterocycles. The molecule has 0 saturated carbocycles. The number of nitrogens with zero attached hydrogens (tertiary/aromatic N) is 3. The lowest BCUT2D eigenvalue weighted by Crippen LogP contribution is -2.12. The van der Waals surface area contributed by atoms with Gasteiger partial charge in [0.05, 0.1) is 22.8 Å². The maximum atomic E-state index is 13.1. The number of hydrogen-bond acceptors (Lipinski definition) is 4. The van der Waals surface area contributed by atoms with Gasteiger partial charge in [-0.2, -0.15) is 0 Å². The average Bonchev–Trinajstić information content (AvgIpc) is 2.57. The van der Waals surface area contributed by atoms with Gasteiger partial charge in [0, 0.05) is 12.3 Å². The van der Waals surface area contributed by atoms with Crippen molar-refractivity contribution < 1.29 is 12.8 Å². The lowest BCUT2D eigenvalue weighted by atomic mass is 10.3. The summed E-state index contributed by atoms with van der Waals surface area (Å²) in [4.78, 5) is 0. The minimum atomic E-state index is -3.08. The van der Waals surface area contributed by atoms with E-state index in [9.17, 15) is 12.8 Å². The van der Waals surface area contributed by atoms with E-state index in [4.69, 9.17) is 11.6 Å². The van der Waals surface area contributed by atoms with Crippen molar-refractivity contribution in [1.29, 1.82) is 0 Å². The van der Waals surface area contributed by atoms with E-state index in [0.717, 1.165) is 6.26 Å². The van der Waals surface area contributed by atoms with Crippen LogP contribution in [0.3, 0.4) is 0 Å². The normalized spacial score (nSPS) is 12.2. The van der Waals surface area contributed by atoms with Gasteiger partial charge in [-0.05, 0) is 6.07 Å². The third-order valence-corrected chi connectivity index (χ3v) is 3.44. The highest BCUT2D eigenvalue weighted by atomic mass is 35.5. The topological polar surface area (TPSA) is 64.8 Å². The number of sulfone groups is 1. The predicted octanol–water partition coefficient (Wildman–Crippen LogP) is 1.27. The summed E-state index contributed by atoms with van der Waals surface area (Å²) >= 11 is 5.64. The van der Waals surface area contributed by atoms with Crippen LogP contribution in [0.15, 0.2) is 12.1 Å². The van der Waals surface area contributed by atoms with Gasteiger partial charge in [-0.3, -0.25) is 0 Å². The van der Waals surface area contributed by atoms with Gasteiger partial charge in [0.1, 0.15) is 21.2 Å². The van der Waals surface area contributed by atoms with Gasteiger partial charge in [0.15, 0.2) is 0 Å². The molecule has 1 aromatic carbocycles. The zero-order valence-corrected chi connectivity index (χ0v) is 10.5. The first-order valence-corrected chi connectivity index (χ1v) is 7.16. The molecule has 92 valence electrons. The summed E-state index contributed by atoms with van der Waals surface area (Å²) in [6.45, 7) is 0.164. The van der Waals surface area contributed by atoms with Crippen molar-refractivity contribution in [2.45, 2.75) is 6.54 Å². The first kappa shape index (κ1) is 12.3. The minimum absolute atomic E-state index is 0.0413. The van der Waals surface area contributed by atoms with Crippen molar-refractivity contribution in [3.63, 3.8) is 0 Å². The molecule has 2 aromatic rings. The van der Waals surface area contributed by atoms with Crippen molar-refractivity contribution in [1.82, 2.24) is 15.0 Å². The first-order chi connectivity index (χ1) is 7.87. The van der Waals surface area contributed by atoms with Gasteiger partial charge >= 0.3 is 0 Å². The summed E-state index contributed by atoms with van der Waals surface area (Å²) in [5.41, 5.74) is 0.862. The van der Waals surface area contributed by atoms with Crippen LogP contribution in [0.4, 0.5) is 4.39 Å². The molecule has 0 N–H and O–H groups in total. The van der Waals surface area contributed by atoms with E-state index >= 15 is 0 Å². The maximum Gasteiger partial charge on any atom is 0.149 e. The molecule has 1 aromatic heterocycles. The average molecular weight is 278 g/mol. The summed E-state index contributed by atoms with van der Waals surface area (Å²) in [5, 5.41) is 7.46. The lowest BCUT2D eigenvalue weighted by Gasteiger charge is -2.01. The van der Waals surface area contributed by atoms with Crippen LogP contribution in [-0.4, -0.2) is 35.4 Å². The molecule has 2 rings (SSSR count). The first-order valence-electron chi connectivity index (χ1n) is 4.73. The van der Waals surface area contributed by atoms with Gasteiger partial charge in [0.2, 0.25) is 0 Å². The molecule has 0 amide bonds. The van der Waals surface area contributed by atoms with Crippen molar-refractivity contribution in [2.75, 3.05) is 12.0 Å². The van der Waals surface area contributed by atoms with Gasteiger partial charge in [-0.25, -0.2) is 17.5 Å². The van der Waals surface area contributed by atoms with Crippen molar-refractivity contribution in [2.24, 2.45) is 0 Å². The maximum absolute atomic E-state index is 13.1. The standard InChI is InChI=1S/C9H9ClFN3O2S/c1-17(15,16)3-2-14-9-4-6(10)7(11)5-8(9)12-13-14/h4-5H,2-3H2,1H3. The van der Waals surface area contributed by atoms with E-state index < -0.39 is 15.7 Å². The van der Waals surface area contributed by atoms with E-state index in [1.165, 1.54) is 16.8 Å². The highest BCUT2D eigenvalue weighted by Crippen LogP contribution is 2.21.